The first-order valence-corrected chi connectivity index (χ1v) is 5.24. The van der Waals surface area contributed by atoms with Crippen molar-refractivity contribution in [3.63, 3.8) is 0 Å². The van der Waals surface area contributed by atoms with E-state index < -0.39 is 0 Å². The van der Waals surface area contributed by atoms with E-state index in [1.54, 1.807) is 0 Å². The van der Waals surface area contributed by atoms with E-state index in [9.17, 15) is 0 Å². The second kappa shape index (κ2) is 3.68. The Labute approximate surface area is 86.2 Å². The van der Waals surface area contributed by atoms with Crippen LogP contribution in [0.2, 0.25) is 0 Å². The lowest BCUT2D eigenvalue weighted by Crippen LogP contribution is -2.08. The number of ether oxygens (including phenoxy) is 1. The summed E-state index contributed by atoms with van der Waals surface area (Å²) in [5.74, 6) is 0.938. The number of halogens is 1. The molecule has 1 aromatic carbocycles. The molecule has 2 nitrogen and oxygen atoms in total. The van der Waals surface area contributed by atoms with Gasteiger partial charge in [0.1, 0.15) is 5.75 Å². The third kappa shape index (κ3) is 1.86. The van der Waals surface area contributed by atoms with E-state index in [2.05, 4.69) is 15.9 Å². The SMILES string of the molecule is NC1CCCOc2ccc(Br)cc21. The number of nitrogens with two attached hydrogens (primary N) is 1. The van der Waals surface area contributed by atoms with Gasteiger partial charge < -0.3 is 10.5 Å². The van der Waals surface area contributed by atoms with Crippen molar-refractivity contribution in [1.82, 2.24) is 0 Å². The minimum Gasteiger partial charge on any atom is -0.493 e. The summed E-state index contributed by atoms with van der Waals surface area (Å²) in [6.45, 7) is 0.780. The zero-order valence-electron chi connectivity index (χ0n) is 7.29. The molecule has 1 atom stereocenters. The lowest BCUT2D eigenvalue weighted by atomic mass is 10.0. The highest BCUT2D eigenvalue weighted by molar-refractivity contribution is 9.10. The molecule has 0 amide bonds. The quantitative estimate of drug-likeness (QED) is 0.758. The predicted molar refractivity (Wildman–Crippen MR) is 55.8 cm³/mol. The molecule has 70 valence electrons. The van der Waals surface area contributed by atoms with E-state index in [1.165, 1.54) is 0 Å². The summed E-state index contributed by atoms with van der Waals surface area (Å²) in [4.78, 5) is 0. The van der Waals surface area contributed by atoms with Crippen LogP contribution in [0.4, 0.5) is 0 Å². The van der Waals surface area contributed by atoms with Crippen LogP contribution in [0.5, 0.6) is 5.75 Å². The van der Waals surface area contributed by atoms with E-state index in [-0.39, 0.29) is 6.04 Å². The minimum atomic E-state index is 0.120. The fourth-order valence-corrected chi connectivity index (χ4v) is 1.96. The summed E-state index contributed by atoms with van der Waals surface area (Å²) >= 11 is 3.43. The van der Waals surface area contributed by atoms with Crippen molar-refractivity contribution in [2.24, 2.45) is 5.73 Å². The molecular weight excluding hydrogens is 230 g/mol. The first kappa shape index (κ1) is 9.03. The number of hydrogen-bond donors (Lipinski definition) is 1. The smallest absolute Gasteiger partial charge is 0.124 e. The van der Waals surface area contributed by atoms with Gasteiger partial charge in [-0.1, -0.05) is 15.9 Å². The molecule has 1 aromatic rings. The van der Waals surface area contributed by atoms with E-state index >= 15 is 0 Å². The molecule has 0 radical (unpaired) electrons. The van der Waals surface area contributed by atoms with Gasteiger partial charge in [0.2, 0.25) is 0 Å². The average molecular weight is 242 g/mol. The van der Waals surface area contributed by atoms with Crippen molar-refractivity contribution in [2.45, 2.75) is 18.9 Å². The second-order valence-corrected chi connectivity index (χ2v) is 4.20. The summed E-state index contributed by atoms with van der Waals surface area (Å²) in [6.07, 6.45) is 2.04. The van der Waals surface area contributed by atoms with Gasteiger partial charge in [0, 0.05) is 16.1 Å². The van der Waals surface area contributed by atoms with Gasteiger partial charge in [0.25, 0.3) is 0 Å². The number of benzene rings is 1. The molecule has 1 unspecified atom stereocenters. The standard InChI is InChI=1S/C10H12BrNO/c11-7-3-4-10-8(6-7)9(12)2-1-5-13-10/h3-4,6,9H,1-2,5,12H2. The number of hydrogen-bond acceptors (Lipinski definition) is 2. The third-order valence-electron chi connectivity index (χ3n) is 2.29. The van der Waals surface area contributed by atoms with E-state index in [4.69, 9.17) is 10.5 Å². The topological polar surface area (TPSA) is 35.2 Å². The van der Waals surface area contributed by atoms with E-state index in [1.807, 2.05) is 18.2 Å². The van der Waals surface area contributed by atoms with Gasteiger partial charge in [0.15, 0.2) is 0 Å². The molecule has 2 rings (SSSR count). The molecule has 3 heteroatoms. The third-order valence-corrected chi connectivity index (χ3v) is 2.78. The van der Waals surface area contributed by atoms with Crippen LogP contribution >= 0.6 is 15.9 Å². The maximum atomic E-state index is 6.01. The number of rotatable bonds is 0. The monoisotopic (exact) mass is 241 g/mol. The van der Waals surface area contributed by atoms with Crippen LogP contribution in [-0.2, 0) is 0 Å². The average Bonchev–Trinajstić information content (AvgIpc) is 2.29. The molecule has 1 heterocycles. The Balaban J connectivity index is 2.43. The van der Waals surface area contributed by atoms with Gasteiger partial charge in [-0.2, -0.15) is 0 Å². The Morgan fingerprint density at radius 1 is 1.46 bits per heavy atom. The fraction of sp³-hybridized carbons (Fsp3) is 0.400. The van der Waals surface area contributed by atoms with Crippen LogP contribution in [0.15, 0.2) is 22.7 Å². The highest BCUT2D eigenvalue weighted by Gasteiger charge is 2.15. The molecule has 0 aliphatic carbocycles. The molecule has 0 saturated carbocycles. The highest BCUT2D eigenvalue weighted by atomic mass is 79.9. The minimum absolute atomic E-state index is 0.120. The van der Waals surface area contributed by atoms with Crippen LogP contribution in [-0.4, -0.2) is 6.61 Å². The lowest BCUT2D eigenvalue weighted by Gasteiger charge is -2.11. The maximum Gasteiger partial charge on any atom is 0.124 e. The fourth-order valence-electron chi connectivity index (χ4n) is 1.58. The van der Waals surface area contributed by atoms with Gasteiger partial charge >= 0.3 is 0 Å². The van der Waals surface area contributed by atoms with Gasteiger partial charge in [-0.25, -0.2) is 0 Å². The van der Waals surface area contributed by atoms with Crippen LogP contribution in [0.1, 0.15) is 24.4 Å². The summed E-state index contributed by atoms with van der Waals surface area (Å²) in [5, 5.41) is 0. The summed E-state index contributed by atoms with van der Waals surface area (Å²) in [5.41, 5.74) is 7.13. The van der Waals surface area contributed by atoms with Crippen molar-refractivity contribution in [1.29, 1.82) is 0 Å². The number of fused-ring (bicyclic) bond motifs is 1. The summed E-state index contributed by atoms with van der Waals surface area (Å²) in [6, 6.07) is 6.13. The van der Waals surface area contributed by atoms with Gasteiger partial charge in [0.05, 0.1) is 6.61 Å². The van der Waals surface area contributed by atoms with Crippen LogP contribution in [0.3, 0.4) is 0 Å². The molecule has 0 saturated heterocycles. The molecule has 1 aliphatic heterocycles. The van der Waals surface area contributed by atoms with Crippen molar-refractivity contribution in [3.05, 3.63) is 28.2 Å². The van der Waals surface area contributed by atoms with Crippen LogP contribution < -0.4 is 10.5 Å². The molecule has 0 aromatic heterocycles. The Kier molecular flexibility index (Phi) is 2.56. The van der Waals surface area contributed by atoms with E-state index in [0.717, 1.165) is 35.2 Å². The molecule has 13 heavy (non-hydrogen) atoms. The first-order chi connectivity index (χ1) is 6.27. The van der Waals surface area contributed by atoms with E-state index in [0.29, 0.717) is 0 Å². The van der Waals surface area contributed by atoms with Crippen molar-refractivity contribution < 1.29 is 4.74 Å². The van der Waals surface area contributed by atoms with Gasteiger partial charge in [-0.05, 0) is 31.0 Å². The summed E-state index contributed by atoms with van der Waals surface area (Å²) in [7, 11) is 0. The van der Waals surface area contributed by atoms with Crippen LogP contribution in [0.25, 0.3) is 0 Å². The predicted octanol–water partition coefficient (Wildman–Crippen LogP) is 2.62. The largest absolute Gasteiger partial charge is 0.493 e. The zero-order valence-corrected chi connectivity index (χ0v) is 8.88. The van der Waals surface area contributed by atoms with Crippen molar-refractivity contribution in [3.8, 4) is 5.75 Å². The zero-order chi connectivity index (χ0) is 9.26. The normalized spacial score (nSPS) is 21.5. The first-order valence-electron chi connectivity index (χ1n) is 4.45. The Hall–Kier alpha value is -0.540. The van der Waals surface area contributed by atoms with Gasteiger partial charge in [-0.3, -0.25) is 0 Å². The molecule has 0 bridgehead atoms. The van der Waals surface area contributed by atoms with Crippen LogP contribution in [0, 0.1) is 0 Å². The molecule has 1 aliphatic rings. The summed E-state index contributed by atoms with van der Waals surface area (Å²) < 4.78 is 6.64. The Morgan fingerprint density at radius 3 is 3.15 bits per heavy atom. The van der Waals surface area contributed by atoms with Gasteiger partial charge in [-0.15, -0.1) is 0 Å². The maximum absolute atomic E-state index is 6.01. The van der Waals surface area contributed by atoms with Crippen molar-refractivity contribution >= 4 is 15.9 Å². The van der Waals surface area contributed by atoms with Crippen molar-refractivity contribution in [2.75, 3.05) is 6.61 Å². The lowest BCUT2D eigenvalue weighted by molar-refractivity contribution is 0.316. The Morgan fingerprint density at radius 2 is 2.31 bits per heavy atom. The highest BCUT2D eigenvalue weighted by Crippen LogP contribution is 2.31. The Bertz CT molecular complexity index is 314. The molecule has 0 spiro atoms. The molecular formula is C10H12BrNO. The molecule has 0 fully saturated rings. The second-order valence-electron chi connectivity index (χ2n) is 3.28. The molecule has 2 N–H and O–H groups in total.